The number of halogens is 3. The summed E-state index contributed by atoms with van der Waals surface area (Å²) >= 11 is 0. The zero-order valence-corrected chi connectivity index (χ0v) is 15.1. The maximum Gasteiger partial charge on any atom is 0.409 e. The first kappa shape index (κ1) is 19.5. The van der Waals surface area contributed by atoms with Gasteiger partial charge in [-0.15, -0.1) is 0 Å². The topological polar surface area (TPSA) is 67.4 Å². The first-order valence-corrected chi connectivity index (χ1v) is 8.35. The number of benzene rings is 2. The van der Waals surface area contributed by atoms with Gasteiger partial charge in [0.05, 0.1) is 5.69 Å². The van der Waals surface area contributed by atoms with E-state index in [9.17, 15) is 22.8 Å². The summed E-state index contributed by atoms with van der Waals surface area (Å²) in [6.07, 6.45) is -3.32. The Bertz CT molecular complexity index is 948. The lowest BCUT2D eigenvalue weighted by atomic mass is 10.0. The molecule has 0 unspecified atom stereocenters. The molecule has 0 aliphatic carbocycles. The fraction of sp³-hybridized carbons (Fsp3) is 0.200. The van der Waals surface area contributed by atoms with Crippen LogP contribution in [0.5, 0.6) is 5.75 Å². The van der Waals surface area contributed by atoms with Crippen LogP contribution < -0.4 is 15.4 Å². The number of alkyl halides is 3. The number of rotatable bonds is 3. The summed E-state index contributed by atoms with van der Waals surface area (Å²) in [7, 11) is 0. The predicted octanol–water partition coefficient (Wildman–Crippen LogP) is 4.62. The molecule has 8 heteroatoms. The smallest absolute Gasteiger partial charge is 0.409 e. The van der Waals surface area contributed by atoms with Crippen LogP contribution in [0.3, 0.4) is 0 Å². The maximum atomic E-state index is 12.4. The zero-order valence-electron chi connectivity index (χ0n) is 15.1. The molecule has 0 bridgehead atoms. The maximum absolute atomic E-state index is 12.4. The molecule has 1 aliphatic heterocycles. The molecular weight excluding hydrogens is 373 g/mol. The molecule has 146 valence electrons. The van der Waals surface area contributed by atoms with Crippen LogP contribution >= 0.6 is 0 Å². The standard InChI is InChI=1S/C20H17F3N2O3/c1-19(2)18(27)28-16-8-7-14(11-15(16)25-19)24-17(26)13-5-3-12(4-6-13)9-10-20(21,22)23/h3-11,25H,1-2H3,(H,24,26)/b10-9+. The Morgan fingerprint density at radius 3 is 2.46 bits per heavy atom. The first-order chi connectivity index (χ1) is 13.0. The summed E-state index contributed by atoms with van der Waals surface area (Å²) < 4.78 is 41.8. The van der Waals surface area contributed by atoms with Gasteiger partial charge in [0.1, 0.15) is 5.54 Å². The van der Waals surface area contributed by atoms with Crippen LogP contribution in [0.1, 0.15) is 29.8 Å². The fourth-order valence-electron chi connectivity index (χ4n) is 2.55. The van der Waals surface area contributed by atoms with Crippen molar-refractivity contribution in [3.63, 3.8) is 0 Å². The second-order valence-electron chi connectivity index (χ2n) is 6.80. The lowest BCUT2D eigenvalue weighted by Gasteiger charge is -2.31. The lowest BCUT2D eigenvalue weighted by molar-refractivity contribution is -0.139. The van der Waals surface area contributed by atoms with Crippen LogP contribution in [0.2, 0.25) is 0 Å². The number of ether oxygens (including phenoxy) is 1. The van der Waals surface area contributed by atoms with Gasteiger partial charge in [-0.25, -0.2) is 4.79 Å². The third kappa shape index (κ3) is 4.51. The molecule has 0 spiro atoms. The normalized spacial score (nSPS) is 15.5. The quantitative estimate of drug-likeness (QED) is 0.593. The summed E-state index contributed by atoms with van der Waals surface area (Å²) in [4.78, 5) is 24.2. The molecule has 1 amide bonds. The molecule has 0 atom stereocenters. The van der Waals surface area contributed by atoms with Crippen molar-refractivity contribution in [3.05, 3.63) is 59.7 Å². The molecule has 1 heterocycles. The van der Waals surface area contributed by atoms with E-state index in [0.29, 0.717) is 28.3 Å². The number of nitrogens with one attached hydrogen (secondary N) is 2. The highest BCUT2D eigenvalue weighted by molar-refractivity contribution is 6.05. The number of fused-ring (bicyclic) bond motifs is 1. The number of hydrogen-bond donors (Lipinski definition) is 2. The largest absolute Gasteiger partial charge is 0.423 e. The van der Waals surface area contributed by atoms with E-state index in [1.807, 2.05) is 0 Å². The summed E-state index contributed by atoms with van der Waals surface area (Å²) in [6.45, 7) is 3.36. The van der Waals surface area contributed by atoms with Crippen molar-refractivity contribution >= 4 is 29.3 Å². The number of amides is 1. The molecular formula is C20H17F3N2O3. The third-order valence-electron chi connectivity index (χ3n) is 4.04. The van der Waals surface area contributed by atoms with Crippen LogP contribution in [-0.4, -0.2) is 23.6 Å². The van der Waals surface area contributed by atoms with Gasteiger partial charge < -0.3 is 15.4 Å². The molecule has 0 radical (unpaired) electrons. The Morgan fingerprint density at radius 1 is 1.14 bits per heavy atom. The molecule has 0 saturated carbocycles. The van der Waals surface area contributed by atoms with E-state index in [4.69, 9.17) is 4.74 Å². The molecule has 28 heavy (non-hydrogen) atoms. The Labute approximate surface area is 159 Å². The molecule has 2 N–H and O–H groups in total. The van der Waals surface area contributed by atoms with E-state index < -0.39 is 23.6 Å². The highest BCUT2D eigenvalue weighted by Crippen LogP contribution is 2.35. The minimum absolute atomic E-state index is 0.135. The van der Waals surface area contributed by atoms with E-state index >= 15 is 0 Å². The third-order valence-corrected chi connectivity index (χ3v) is 4.04. The number of carbonyl (C=O) groups excluding carboxylic acids is 2. The SMILES string of the molecule is CC1(C)Nc2cc(NC(=O)c3ccc(/C=C/C(F)(F)F)cc3)ccc2OC1=O. The Balaban J connectivity index is 1.72. The molecule has 0 fully saturated rings. The van der Waals surface area contributed by atoms with Crippen LogP contribution in [0, 0.1) is 0 Å². The molecule has 1 aliphatic rings. The second kappa shape index (κ2) is 7.03. The highest BCUT2D eigenvalue weighted by atomic mass is 19.4. The Morgan fingerprint density at radius 2 is 1.82 bits per heavy atom. The van der Waals surface area contributed by atoms with Crippen LogP contribution in [-0.2, 0) is 4.79 Å². The van der Waals surface area contributed by atoms with Crippen molar-refractivity contribution in [1.29, 1.82) is 0 Å². The van der Waals surface area contributed by atoms with Gasteiger partial charge in [0.2, 0.25) is 0 Å². The van der Waals surface area contributed by atoms with Crippen molar-refractivity contribution in [1.82, 2.24) is 0 Å². The van der Waals surface area contributed by atoms with Gasteiger partial charge in [0, 0.05) is 17.3 Å². The second-order valence-corrected chi connectivity index (χ2v) is 6.80. The molecule has 2 aromatic carbocycles. The van der Waals surface area contributed by atoms with Crippen LogP contribution in [0.25, 0.3) is 6.08 Å². The van der Waals surface area contributed by atoms with Crippen molar-refractivity contribution in [3.8, 4) is 5.75 Å². The van der Waals surface area contributed by atoms with Crippen molar-refractivity contribution < 1.29 is 27.5 Å². The minimum atomic E-state index is -4.39. The number of anilines is 2. The minimum Gasteiger partial charge on any atom is -0.423 e. The number of hydrogen-bond acceptors (Lipinski definition) is 4. The number of allylic oxidation sites excluding steroid dienone is 1. The van der Waals surface area contributed by atoms with Gasteiger partial charge >= 0.3 is 12.1 Å². The van der Waals surface area contributed by atoms with Crippen LogP contribution in [0.15, 0.2) is 48.5 Å². The first-order valence-electron chi connectivity index (χ1n) is 8.35. The van der Waals surface area contributed by atoms with Gasteiger partial charge in [-0.3, -0.25) is 4.79 Å². The average Bonchev–Trinajstić information content (AvgIpc) is 2.60. The Hall–Kier alpha value is -3.29. The predicted molar refractivity (Wildman–Crippen MR) is 99.3 cm³/mol. The number of esters is 1. The summed E-state index contributed by atoms with van der Waals surface area (Å²) in [6, 6.07) is 10.5. The van der Waals surface area contributed by atoms with Crippen molar-refractivity contribution in [2.45, 2.75) is 25.6 Å². The average molecular weight is 390 g/mol. The molecule has 5 nitrogen and oxygen atoms in total. The Kier molecular flexibility index (Phi) is 4.89. The lowest BCUT2D eigenvalue weighted by Crippen LogP contribution is -2.46. The van der Waals surface area contributed by atoms with E-state index in [1.54, 1.807) is 32.0 Å². The van der Waals surface area contributed by atoms with E-state index in [2.05, 4.69) is 10.6 Å². The van der Waals surface area contributed by atoms with Crippen molar-refractivity contribution in [2.75, 3.05) is 10.6 Å². The summed E-state index contributed by atoms with van der Waals surface area (Å²) in [5.74, 6) is -0.460. The zero-order chi connectivity index (χ0) is 20.5. The monoisotopic (exact) mass is 390 g/mol. The van der Waals surface area contributed by atoms with Crippen LogP contribution in [0.4, 0.5) is 24.5 Å². The summed E-state index contributed by atoms with van der Waals surface area (Å²) in [5, 5.41) is 5.75. The molecule has 3 rings (SSSR count). The molecule has 2 aromatic rings. The molecule has 0 saturated heterocycles. The van der Waals surface area contributed by atoms with E-state index in [1.165, 1.54) is 24.3 Å². The van der Waals surface area contributed by atoms with E-state index in [-0.39, 0.29) is 6.08 Å². The fourth-order valence-corrected chi connectivity index (χ4v) is 2.55. The van der Waals surface area contributed by atoms with E-state index in [0.717, 1.165) is 6.08 Å². The van der Waals surface area contributed by atoms with Gasteiger partial charge in [-0.05, 0) is 49.7 Å². The van der Waals surface area contributed by atoms with Gasteiger partial charge in [0.15, 0.2) is 5.75 Å². The summed E-state index contributed by atoms with van der Waals surface area (Å²) in [5.41, 5.74) is 0.772. The number of carbonyl (C=O) groups is 2. The highest BCUT2D eigenvalue weighted by Gasteiger charge is 2.35. The van der Waals surface area contributed by atoms with Crippen molar-refractivity contribution in [2.24, 2.45) is 0 Å². The van der Waals surface area contributed by atoms with Gasteiger partial charge in [0.25, 0.3) is 5.91 Å². The van der Waals surface area contributed by atoms with Gasteiger partial charge in [-0.2, -0.15) is 13.2 Å². The van der Waals surface area contributed by atoms with Gasteiger partial charge in [-0.1, -0.05) is 18.2 Å². The molecule has 0 aromatic heterocycles.